The normalized spacial score (nSPS) is 16.7. The van der Waals surface area contributed by atoms with Crippen molar-refractivity contribution in [2.75, 3.05) is 50.6 Å². The van der Waals surface area contributed by atoms with Gasteiger partial charge in [0.05, 0.1) is 22.4 Å². The van der Waals surface area contributed by atoms with E-state index in [1.165, 1.54) is 19.4 Å². The first kappa shape index (κ1) is 22.8. The molecule has 9 nitrogen and oxygen atoms in total. The highest BCUT2D eigenvalue weighted by Gasteiger charge is 2.24. The van der Waals surface area contributed by atoms with E-state index >= 15 is 4.39 Å². The molecule has 1 saturated heterocycles. The van der Waals surface area contributed by atoms with E-state index in [0.717, 1.165) is 43.8 Å². The number of halogens is 2. The van der Waals surface area contributed by atoms with Gasteiger partial charge >= 0.3 is 0 Å². The Bertz CT molecular complexity index is 1230. The number of amides is 1. The van der Waals surface area contributed by atoms with Gasteiger partial charge in [-0.2, -0.15) is 0 Å². The summed E-state index contributed by atoms with van der Waals surface area (Å²) in [5.74, 6) is 0.789. The molecule has 0 spiro atoms. The maximum atomic E-state index is 15.1. The molecule has 0 unspecified atom stereocenters. The van der Waals surface area contributed by atoms with E-state index in [-0.39, 0.29) is 18.6 Å². The molecule has 0 bridgehead atoms. The van der Waals surface area contributed by atoms with E-state index in [4.69, 9.17) is 16.3 Å². The summed E-state index contributed by atoms with van der Waals surface area (Å²) in [6.45, 7) is 3.06. The van der Waals surface area contributed by atoms with Crippen LogP contribution >= 0.6 is 11.6 Å². The van der Waals surface area contributed by atoms with E-state index in [1.807, 2.05) is 22.6 Å². The minimum absolute atomic E-state index is 0.00310. The number of fused-ring (bicyclic) bond motifs is 3. The van der Waals surface area contributed by atoms with Crippen LogP contribution in [0.1, 0.15) is 19.3 Å². The first-order valence-corrected chi connectivity index (χ1v) is 11.8. The number of likely N-dealkylation sites (tertiary alicyclic amines) is 1. The van der Waals surface area contributed by atoms with Crippen LogP contribution in [0.25, 0.3) is 22.3 Å². The number of aromatic nitrogens is 4. The molecule has 1 aromatic carbocycles. The van der Waals surface area contributed by atoms with Crippen LogP contribution in [0.3, 0.4) is 0 Å². The first-order valence-electron chi connectivity index (χ1n) is 11.4. The molecule has 2 aliphatic heterocycles. The van der Waals surface area contributed by atoms with Crippen LogP contribution in [0.2, 0.25) is 5.02 Å². The predicted molar refractivity (Wildman–Crippen MR) is 129 cm³/mol. The smallest absolute Gasteiger partial charge is 0.248 e. The highest BCUT2D eigenvalue weighted by atomic mass is 35.5. The second-order valence-corrected chi connectivity index (χ2v) is 9.19. The maximum absolute atomic E-state index is 15.1. The van der Waals surface area contributed by atoms with Crippen LogP contribution in [0.4, 0.5) is 16.3 Å². The highest BCUT2D eigenvalue weighted by molar-refractivity contribution is 6.33. The molecule has 0 atom stereocenters. The van der Waals surface area contributed by atoms with Crippen molar-refractivity contribution in [1.29, 1.82) is 0 Å². The number of carbonyl (C=O) groups is 1. The lowest BCUT2D eigenvalue weighted by Gasteiger charge is -2.32. The number of methoxy groups -OCH3 is 1. The van der Waals surface area contributed by atoms with Gasteiger partial charge in [0.15, 0.2) is 5.82 Å². The summed E-state index contributed by atoms with van der Waals surface area (Å²) >= 11 is 6.44. The number of benzene rings is 1. The molecule has 2 aromatic heterocycles. The van der Waals surface area contributed by atoms with Gasteiger partial charge in [-0.05, 0) is 31.4 Å². The van der Waals surface area contributed by atoms with Gasteiger partial charge in [-0.1, -0.05) is 11.6 Å². The van der Waals surface area contributed by atoms with Crippen molar-refractivity contribution in [3.05, 3.63) is 29.2 Å². The van der Waals surface area contributed by atoms with Gasteiger partial charge in [-0.3, -0.25) is 4.79 Å². The van der Waals surface area contributed by atoms with Crippen molar-refractivity contribution < 1.29 is 13.9 Å². The number of aryl methyl sites for hydroxylation is 1. The van der Waals surface area contributed by atoms with Crippen LogP contribution < -0.4 is 10.2 Å². The minimum Gasteiger partial charge on any atom is -0.375 e. The van der Waals surface area contributed by atoms with Crippen LogP contribution in [-0.2, 0) is 16.1 Å². The van der Waals surface area contributed by atoms with E-state index in [0.29, 0.717) is 40.8 Å². The monoisotopic (exact) mass is 487 g/mol. The lowest BCUT2D eigenvalue weighted by molar-refractivity contribution is -0.136. The molecule has 1 amide bonds. The number of ether oxygens (including phenoxy) is 1. The zero-order valence-electron chi connectivity index (χ0n) is 19.2. The minimum atomic E-state index is -0.403. The quantitative estimate of drug-likeness (QED) is 0.591. The molecule has 180 valence electrons. The Kier molecular flexibility index (Phi) is 6.26. The zero-order chi connectivity index (χ0) is 23.8. The molecule has 4 heterocycles. The van der Waals surface area contributed by atoms with Crippen molar-refractivity contribution in [2.24, 2.45) is 0 Å². The Labute approximate surface area is 201 Å². The maximum Gasteiger partial charge on any atom is 0.248 e. The number of hydrogen-bond acceptors (Lipinski definition) is 7. The SMILES string of the molecule is COCC(=O)N1CCC(Nc2ncc(Cl)c(-c3cc(F)c4nc5n(c4c3)CCCN5C)n2)CC1. The molecule has 3 aromatic rings. The zero-order valence-corrected chi connectivity index (χ0v) is 20.0. The van der Waals surface area contributed by atoms with Gasteiger partial charge in [-0.25, -0.2) is 19.3 Å². The second-order valence-electron chi connectivity index (χ2n) is 8.79. The summed E-state index contributed by atoms with van der Waals surface area (Å²) in [4.78, 5) is 29.3. The summed E-state index contributed by atoms with van der Waals surface area (Å²) in [6, 6.07) is 3.45. The number of rotatable bonds is 5. The summed E-state index contributed by atoms with van der Waals surface area (Å²) < 4.78 is 22.0. The molecule has 2 aliphatic rings. The summed E-state index contributed by atoms with van der Waals surface area (Å²) in [6.07, 6.45) is 4.05. The largest absolute Gasteiger partial charge is 0.375 e. The van der Waals surface area contributed by atoms with E-state index < -0.39 is 5.82 Å². The Balaban J connectivity index is 1.39. The molecule has 5 rings (SSSR count). The van der Waals surface area contributed by atoms with Crippen LogP contribution in [0, 0.1) is 5.82 Å². The van der Waals surface area contributed by atoms with Gasteiger partial charge in [-0.15, -0.1) is 0 Å². The number of nitrogens with one attached hydrogen (secondary N) is 1. The van der Waals surface area contributed by atoms with Crippen molar-refractivity contribution in [3.63, 3.8) is 0 Å². The van der Waals surface area contributed by atoms with Crippen molar-refractivity contribution in [1.82, 2.24) is 24.4 Å². The second kappa shape index (κ2) is 9.34. The highest BCUT2D eigenvalue weighted by Crippen LogP contribution is 2.34. The van der Waals surface area contributed by atoms with Gasteiger partial charge < -0.3 is 24.4 Å². The van der Waals surface area contributed by atoms with Gasteiger partial charge in [0.2, 0.25) is 17.8 Å². The van der Waals surface area contributed by atoms with Crippen molar-refractivity contribution in [2.45, 2.75) is 31.8 Å². The fourth-order valence-corrected chi connectivity index (χ4v) is 4.89. The number of imidazole rings is 1. The number of nitrogens with zero attached hydrogens (tertiary/aromatic N) is 6. The molecule has 1 N–H and O–H groups in total. The number of piperidine rings is 1. The third-order valence-corrected chi connectivity index (χ3v) is 6.75. The average Bonchev–Trinajstić information content (AvgIpc) is 3.22. The van der Waals surface area contributed by atoms with E-state index in [9.17, 15) is 4.79 Å². The standard InChI is InChI=1S/C23H27ClFN7O2/c1-30-6-3-7-32-18-11-14(10-17(25)21(18)29-23(30)32)20-16(24)12-26-22(28-20)27-15-4-8-31(9-5-15)19(33)13-34-2/h10-12,15H,3-9,13H2,1-2H3,(H,26,27,28). The Morgan fingerprint density at radius 3 is 2.79 bits per heavy atom. The van der Waals surface area contributed by atoms with Crippen LogP contribution in [-0.4, -0.2) is 76.8 Å². The van der Waals surface area contributed by atoms with Crippen LogP contribution in [0.15, 0.2) is 18.3 Å². The van der Waals surface area contributed by atoms with E-state index in [2.05, 4.69) is 20.3 Å². The van der Waals surface area contributed by atoms with Crippen molar-refractivity contribution >= 4 is 40.4 Å². The topological polar surface area (TPSA) is 88.4 Å². The lowest BCUT2D eigenvalue weighted by atomic mass is 10.1. The van der Waals surface area contributed by atoms with Crippen molar-refractivity contribution in [3.8, 4) is 11.3 Å². The molecule has 0 radical (unpaired) electrons. The third kappa shape index (κ3) is 4.27. The molecular weight excluding hydrogens is 461 g/mol. The Hall–Kier alpha value is -2.98. The summed E-state index contributed by atoms with van der Waals surface area (Å²) in [5.41, 5.74) is 2.13. The number of hydrogen-bond donors (Lipinski definition) is 1. The van der Waals surface area contributed by atoms with Gasteiger partial charge in [0.25, 0.3) is 0 Å². The molecular formula is C23H27ClFN7O2. The van der Waals surface area contributed by atoms with Gasteiger partial charge in [0.1, 0.15) is 12.1 Å². The fraction of sp³-hybridized carbons (Fsp3) is 0.478. The molecule has 34 heavy (non-hydrogen) atoms. The predicted octanol–water partition coefficient (Wildman–Crippen LogP) is 3.18. The average molecular weight is 488 g/mol. The summed E-state index contributed by atoms with van der Waals surface area (Å²) in [5, 5.41) is 3.69. The Morgan fingerprint density at radius 2 is 2.03 bits per heavy atom. The molecule has 1 fully saturated rings. The van der Waals surface area contributed by atoms with E-state index in [1.54, 1.807) is 4.90 Å². The number of anilines is 2. The lowest BCUT2D eigenvalue weighted by Crippen LogP contribution is -2.43. The molecule has 11 heteroatoms. The van der Waals surface area contributed by atoms with Gasteiger partial charge in [0, 0.05) is 51.9 Å². The first-order chi connectivity index (χ1) is 16.4. The fourth-order valence-electron chi connectivity index (χ4n) is 4.69. The van der Waals surface area contributed by atoms with Crippen LogP contribution in [0.5, 0.6) is 0 Å². The third-order valence-electron chi connectivity index (χ3n) is 6.47. The summed E-state index contributed by atoms with van der Waals surface area (Å²) in [7, 11) is 3.48. The molecule has 0 aliphatic carbocycles. The Morgan fingerprint density at radius 1 is 1.24 bits per heavy atom. The molecule has 0 saturated carbocycles. The number of carbonyl (C=O) groups excluding carboxylic acids is 1.